The number of nitrogens with zero attached hydrogens (tertiary/aromatic N) is 5. The van der Waals surface area contributed by atoms with Crippen molar-refractivity contribution < 1.29 is 9.18 Å². The molecule has 3 heterocycles. The Morgan fingerprint density at radius 1 is 0.935 bits per heavy atom. The third kappa shape index (κ3) is 3.93. The van der Waals surface area contributed by atoms with E-state index in [1.54, 1.807) is 29.1 Å². The van der Waals surface area contributed by atoms with Gasteiger partial charge in [-0.1, -0.05) is 30.3 Å². The Bertz CT molecular complexity index is 1070. The predicted molar refractivity (Wildman–Crippen MR) is 119 cm³/mol. The number of imidazole rings is 1. The van der Waals surface area contributed by atoms with Crippen molar-refractivity contribution in [3.05, 3.63) is 72.3 Å². The maximum Gasteiger partial charge on any atom is 0.241 e. The summed E-state index contributed by atoms with van der Waals surface area (Å²) in [5.74, 6) is 0.627. The predicted octanol–water partition coefficient (Wildman–Crippen LogP) is 3.11. The van der Waals surface area contributed by atoms with E-state index < -0.39 is 0 Å². The topological polar surface area (TPSA) is 44.6 Å². The van der Waals surface area contributed by atoms with Gasteiger partial charge in [-0.05, 0) is 36.6 Å². The highest BCUT2D eigenvalue weighted by Crippen LogP contribution is 2.27. The van der Waals surface area contributed by atoms with Gasteiger partial charge in [-0.3, -0.25) is 14.3 Å². The van der Waals surface area contributed by atoms with Crippen LogP contribution in [0.3, 0.4) is 0 Å². The molecule has 6 nitrogen and oxygen atoms in total. The quantitative estimate of drug-likeness (QED) is 0.652. The molecule has 2 aromatic carbocycles. The average molecular weight is 420 g/mol. The fraction of sp³-hybridized carbons (Fsp3) is 0.333. The molecule has 0 unspecified atom stereocenters. The van der Waals surface area contributed by atoms with Gasteiger partial charge in [0.1, 0.15) is 5.82 Å². The van der Waals surface area contributed by atoms with E-state index in [2.05, 4.69) is 20.9 Å². The summed E-state index contributed by atoms with van der Waals surface area (Å²) in [4.78, 5) is 23.8. The maximum atomic E-state index is 14.3. The molecule has 1 saturated heterocycles. The average Bonchev–Trinajstić information content (AvgIpc) is 3.29. The zero-order chi connectivity index (χ0) is 21.2. The molecule has 0 spiro atoms. The molecule has 3 aromatic rings. The van der Waals surface area contributed by atoms with Crippen molar-refractivity contribution in [3.63, 3.8) is 0 Å². The lowest BCUT2D eigenvalue weighted by Gasteiger charge is -2.37. The van der Waals surface area contributed by atoms with E-state index in [0.717, 1.165) is 57.2 Å². The first-order chi connectivity index (χ1) is 15.2. The molecule has 0 aliphatic carbocycles. The van der Waals surface area contributed by atoms with Crippen molar-refractivity contribution >= 4 is 17.5 Å². The number of halogens is 1. The standard InChI is InChI=1S/C24H26FN5O/c25-20-8-2-4-10-22(20)30-13-11-26-24(30)28-16-14-27(15-17-28)18-23(31)29-12-5-7-19-6-1-3-9-21(19)29/h1-4,6,8-11,13H,5,7,12,14-18H2. The van der Waals surface area contributed by atoms with Crippen molar-refractivity contribution in [2.75, 3.05) is 49.1 Å². The number of anilines is 2. The van der Waals surface area contributed by atoms with Crippen LogP contribution in [0.2, 0.25) is 0 Å². The number of amides is 1. The normalized spacial score (nSPS) is 16.9. The number of aryl methyl sites for hydroxylation is 1. The van der Waals surface area contributed by atoms with Gasteiger partial charge in [0.05, 0.1) is 12.2 Å². The van der Waals surface area contributed by atoms with Gasteiger partial charge in [0.2, 0.25) is 11.9 Å². The summed E-state index contributed by atoms with van der Waals surface area (Å²) < 4.78 is 16.1. The maximum absolute atomic E-state index is 14.3. The van der Waals surface area contributed by atoms with Crippen molar-refractivity contribution in [1.29, 1.82) is 0 Å². The number of hydrogen-bond donors (Lipinski definition) is 0. The van der Waals surface area contributed by atoms with Gasteiger partial charge >= 0.3 is 0 Å². The van der Waals surface area contributed by atoms with Gasteiger partial charge in [0.25, 0.3) is 0 Å². The number of para-hydroxylation sites is 2. The van der Waals surface area contributed by atoms with Crippen LogP contribution in [0.25, 0.3) is 5.69 Å². The number of hydrogen-bond acceptors (Lipinski definition) is 4. The first-order valence-corrected chi connectivity index (χ1v) is 10.8. The Kier molecular flexibility index (Phi) is 5.42. The summed E-state index contributed by atoms with van der Waals surface area (Å²) in [6.07, 6.45) is 5.53. The van der Waals surface area contributed by atoms with Crippen LogP contribution in [-0.4, -0.2) is 59.6 Å². The van der Waals surface area contributed by atoms with Crippen LogP contribution in [0.4, 0.5) is 16.0 Å². The zero-order valence-corrected chi connectivity index (χ0v) is 17.5. The van der Waals surface area contributed by atoms with E-state index in [-0.39, 0.29) is 11.7 Å². The second-order valence-corrected chi connectivity index (χ2v) is 8.09. The lowest BCUT2D eigenvalue weighted by molar-refractivity contribution is -0.119. The number of carbonyl (C=O) groups excluding carboxylic acids is 1. The van der Waals surface area contributed by atoms with E-state index in [9.17, 15) is 9.18 Å². The molecule has 160 valence electrons. The Balaban J connectivity index is 1.23. The monoisotopic (exact) mass is 419 g/mol. The minimum atomic E-state index is -0.271. The second kappa shape index (κ2) is 8.51. The minimum absolute atomic E-state index is 0.161. The number of piperazine rings is 1. The molecule has 5 rings (SSSR count). The summed E-state index contributed by atoms with van der Waals surface area (Å²) in [6.45, 7) is 4.24. The third-order valence-corrected chi connectivity index (χ3v) is 6.16. The van der Waals surface area contributed by atoms with E-state index in [0.29, 0.717) is 12.2 Å². The fourth-order valence-corrected chi connectivity index (χ4v) is 4.54. The third-order valence-electron chi connectivity index (χ3n) is 6.16. The van der Waals surface area contributed by atoms with Gasteiger partial charge in [-0.2, -0.15) is 0 Å². The van der Waals surface area contributed by atoms with Crippen molar-refractivity contribution in [2.45, 2.75) is 12.8 Å². The molecular weight excluding hydrogens is 393 g/mol. The molecule has 7 heteroatoms. The molecule has 1 aromatic heterocycles. The summed E-state index contributed by atoms with van der Waals surface area (Å²) in [5, 5.41) is 0. The van der Waals surface area contributed by atoms with Gasteiger partial charge in [0, 0.05) is 50.8 Å². The van der Waals surface area contributed by atoms with Crippen LogP contribution in [0, 0.1) is 5.82 Å². The molecule has 0 saturated carbocycles. The smallest absolute Gasteiger partial charge is 0.241 e. The van der Waals surface area contributed by atoms with E-state index in [1.807, 2.05) is 29.2 Å². The van der Waals surface area contributed by atoms with Crippen LogP contribution in [-0.2, 0) is 11.2 Å². The van der Waals surface area contributed by atoms with Crippen LogP contribution < -0.4 is 9.80 Å². The number of aromatic nitrogens is 2. The lowest BCUT2D eigenvalue weighted by Crippen LogP contribution is -2.51. The highest BCUT2D eigenvalue weighted by atomic mass is 19.1. The van der Waals surface area contributed by atoms with Crippen molar-refractivity contribution in [2.24, 2.45) is 0 Å². The van der Waals surface area contributed by atoms with Gasteiger partial charge in [-0.25, -0.2) is 9.37 Å². The van der Waals surface area contributed by atoms with Crippen molar-refractivity contribution in [3.8, 4) is 5.69 Å². The summed E-state index contributed by atoms with van der Waals surface area (Å²) in [6, 6.07) is 14.9. The molecule has 31 heavy (non-hydrogen) atoms. The Morgan fingerprint density at radius 3 is 2.48 bits per heavy atom. The van der Waals surface area contributed by atoms with E-state index in [4.69, 9.17) is 0 Å². The van der Waals surface area contributed by atoms with Crippen molar-refractivity contribution in [1.82, 2.24) is 14.5 Å². The molecule has 1 fully saturated rings. The molecule has 2 aliphatic rings. The lowest BCUT2D eigenvalue weighted by atomic mass is 10.0. The SMILES string of the molecule is O=C(CN1CCN(c2nccn2-c2ccccc2F)CC1)N1CCCc2ccccc21. The second-order valence-electron chi connectivity index (χ2n) is 8.09. The number of rotatable bonds is 4. The molecule has 0 atom stereocenters. The van der Waals surface area contributed by atoms with E-state index >= 15 is 0 Å². The first-order valence-electron chi connectivity index (χ1n) is 10.8. The van der Waals surface area contributed by atoms with Crippen LogP contribution in [0.15, 0.2) is 60.9 Å². The fourth-order valence-electron chi connectivity index (χ4n) is 4.54. The summed E-state index contributed by atoms with van der Waals surface area (Å²) in [5.41, 5.74) is 2.81. The number of fused-ring (bicyclic) bond motifs is 1. The van der Waals surface area contributed by atoms with Crippen LogP contribution in [0.5, 0.6) is 0 Å². The number of carbonyl (C=O) groups is 1. The Hall–Kier alpha value is -3.19. The Labute approximate surface area is 181 Å². The van der Waals surface area contributed by atoms with Gasteiger partial charge < -0.3 is 9.80 Å². The molecular formula is C24H26FN5O. The molecule has 2 aliphatic heterocycles. The highest BCUT2D eigenvalue weighted by Gasteiger charge is 2.27. The molecule has 1 amide bonds. The van der Waals surface area contributed by atoms with Gasteiger partial charge in [-0.15, -0.1) is 0 Å². The molecule has 0 bridgehead atoms. The number of benzene rings is 2. The molecule has 0 N–H and O–H groups in total. The molecule has 0 radical (unpaired) electrons. The van der Waals surface area contributed by atoms with Crippen LogP contribution >= 0.6 is 0 Å². The van der Waals surface area contributed by atoms with Crippen LogP contribution in [0.1, 0.15) is 12.0 Å². The zero-order valence-electron chi connectivity index (χ0n) is 17.5. The largest absolute Gasteiger partial charge is 0.339 e. The first kappa shape index (κ1) is 19.8. The summed E-state index contributed by atoms with van der Waals surface area (Å²) in [7, 11) is 0. The van der Waals surface area contributed by atoms with Gasteiger partial charge in [0.15, 0.2) is 0 Å². The summed E-state index contributed by atoms with van der Waals surface area (Å²) >= 11 is 0. The highest BCUT2D eigenvalue weighted by molar-refractivity contribution is 5.96. The Morgan fingerprint density at radius 2 is 1.68 bits per heavy atom. The van der Waals surface area contributed by atoms with E-state index in [1.165, 1.54) is 11.6 Å². The minimum Gasteiger partial charge on any atom is -0.339 e.